The lowest BCUT2D eigenvalue weighted by molar-refractivity contribution is 0.157. The molecule has 3 N–H and O–H groups in total. The van der Waals surface area contributed by atoms with E-state index in [1.165, 1.54) is 25.5 Å². The van der Waals surface area contributed by atoms with Gasteiger partial charge in [-0.1, -0.05) is 11.2 Å². The van der Waals surface area contributed by atoms with Gasteiger partial charge in [-0.25, -0.2) is 0 Å². The Morgan fingerprint density at radius 1 is 1.36 bits per heavy atom. The molecule has 0 bridgehead atoms. The molecule has 0 saturated heterocycles. The highest BCUT2D eigenvalue weighted by Gasteiger charge is 2.10. The van der Waals surface area contributed by atoms with Crippen LogP contribution in [0.25, 0.3) is 0 Å². The maximum absolute atomic E-state index is 9.20. The molecule has 1 rings (SSSR count). The quantitative estimate of drug-likeness (QED) is 0.295. The second kappa shape index (κ2) is 4.48. The number of hydrogen-bond donors (Lipinski definition) is 3. The summed E-state index contributed by atoms with van der Waals surface area (Å²) in [5.41, 5.74) is 0.584. The fraction of sp³-hybridized carbons (Fsp3) is 0.222. The number of nitrogens with zero attached hydrogens (tertiary/aromatic N) is 1. The van der Waals surface area contributed by atoms with Crippen molar-refractivity contribution in [2.24, 2.45) is 5.16 Å². The molecule has 0 aliphatic heterocycles. The van der Waals surface area contributed by atoms with Crippen molar-refractivity contribution < 1.29 is 20.2 Å². The molecule has 1 unspecified atom stereocenters. The third kappa shape index (κ3) is 2.14. The van der Waals surface area contributed by atoms with E-state index < -0.39 is 6.10 Å². The summed E-state index contributed by atoms with van der Waals surface area (Å²) in [6.45, 7) is 0. The zero-order chi connectivity index (χ0) is 10.6. The molecule has 0 aliphatic rings. The Kier molecular flexibility index (Phi) is 3.30. The summed E-state index contributed by atoms with van der Waals surface area (Å²) in [5, 5.41) is 29.4. The number of ether oxygens (including phenoxy) is 1. The molecule has 0 fully saturated rings. The van der Waals surface area contributed by atoms with Crippen molar-refractivity contribution in [3.05, 3.63) is 23.8 Å². The zero-order valence-corrected chi connectivity index (χ0v) is 7.58. The van der Waals surface area contributed by atoms with Crippen LogP contribution in [0.4, 0.5) is 0 Å². The van der Waals surface area contributed by atoms with Crippen LogP contribution < -0.4 is 0 Å². The van der Waals surface area contributed by atoms with Gasteiger partial charge < -0.3 is 20.2 Å². The van der Waals surface area contributed by atoms with Gasteiger partial charge in [-0.15, -0.1) is 0 Å². The molecule has 76 valence electrons. The Labute approximate surface area is 80.9 Å². The Balaban J connectivity index is 2.99. The van der Waals surface area contributed by atoms with E-state index >= 15 is 0 Å². The van der Waals surface area contributed by atoms with E-state index in [1.54, 1.807) is 6.07 Å². The number of phenolic OH excluding ortho intramolecular Hbond substituents is 2. The molecule has 1 aromatic carbocycles. The predicted octanol–water partition coefficient (Wildman–Crippen LogP) is 1.25. The molecule has 0 saturated carbocycles. The van der Waals surface area contributed by atoms with E-state index in [-0.39, 0.29) is 11.5 Å². The van der Waals surface area contributed by atoms with Gasteiger partial charge in [0.2, 0.25) is 0 Å². The fourth-order valence-electron chi connectivity index (χ4n) is 1.06. The van der Waals surface area contributed by atoms with Crippen LogP contribution in [-0.2, 0) is 4.74 Å². The Bertz CT molecular complexity index is 338. The van der Waals surface area contributed by atoms with Crippen LogP contribution in [0.3, 0.4) is 0 Å². The van der Waals surface area contributed by atoms with Crippen LogP contribution in [0, 0.1) is 0 Å². The highest BCUT2D eigenvalue weighted by molar-refractivity contribution is 5.66. The number of methoxy groups -OCH3 is 1. The van der Waals surface area contributed by atoms with Gasteiger partial charge in [0.1, 0.15) is 6.10 Å². The largest absolute Gasteiger partial charge is 0.504 e. The molecule has 0 radical (unpaired) electrons. The molecule has 0 spiro atoms. The number of oxime groups is 1. The van der Waals surface area contributed by atoms with E-state index in [4.69, 9.17) is 15.1 Å². The van der Waals surface area contributed by atoms with Gasteiger partial charge >= 0.3 is 0 Å². The lowest BCUT2D eigenvalue weighted by Crippen LogP contribution is -2.02. The second-order valence-electron chi connectivity index (χ2n) is 2.67. The highest BCUT2D eigenvalue weighted by Crippen LogP contribution is 2.28. The maximum Gasteiger partial charge on any atom is 0.157 e. The highest BCUT2D eigenvalue weighted by atomic mass is 16.5. The Morgan fingerprint density at radius 2 is 2.07 bits per heavy atom. The van der Waals surface area contributed by atoms with Crippen molar-refractivity contribution >= 4 is 6.21 Å². The van der Waals surface area contributed by atoms with Crippen molar-refractivity contribution in [3.63, 3.8) is 0 Å². The first kappa shape index (κ1) is 10.3. The van der Waals surface area contributed by atoms with E-state index in [9.17, 15) is 5.11 Å². The fourth-order valence-corrected chi connectivity index (χ4v) is 1.06. The van der Waals surface area contributed by atoms with E-state index in [0.29, 0.717) is 5.56 Å². The van der Waals surface area contributed by atoms with Crippen LogP contribution >= 0.6 is 0 Å². The van der Waals surface area contributed by atoms with Gasteiger partial charge in [0.15, 0.2) is 11.5 Å². The van der Waals surface area contributed by atoms with Crippen LogP contribution in [-0.4, -0.2) is 28.7 Å². The molecule has 0 aliphatic carbocycles. The third-order valence-electron chi connectivity index (χ3n) is 1.78. The average Bonchev–Trinajstić information content (AvgIpc) is 2.19. The molecular weight excluding hydrogens is 186 g/mol. The molecular formula is C9H11NO4. The predicted molar refractivity (Wildman–Crippen MR) is 49.8 cm³/mol. The molecule has 14 heavy (non-hydrogen) atoms. The summed E-state index contributed by atoms with van der Waals surface area (Å²) in [6, 6.07) is 4.23. The second-order valence-corrected chi connectivity index (χ2v) is 2.67. The normalized spacial score (nSPS) is 13.2. The summed E-state index contributed by atoms with van der Waals surface area (Å²) in [6.07, 6.45) is 0.623. The number of benzene rings is 1. The first-order valence-electron chi connectivity index (χ1n) is 3.91. The number of aromatic hydroxyl groups is 2. The summed E-state index contributed by atoms with van der Waals surface area (Å²) in [7, 11) is 1.44. The first-order valence-corrected chi connectivity index (χ1v) is 3.91. The van der Waals surface area contributed by atoms with Crippen molar-refractivity contribution in [2.45, 2.75) is 6.10 Å². The van der Waals surface area contributed by atoms with Crippen molar-refractivity contribution in [1.29, 1.82) is 0 Å². The smallest absolute Gasteiger partial charge is 0.157 e. The Hall–Kier alpha value is -1.75. The molecule has 0 amide bonds. The number of hydrogen-bond acceptors (Lipinski definition) is 5. The molecule has 5 nitrogen and oxygen atoms in total. The summed E-state index contributed by atoms with van der Waals surface area (Å²) in [5.74, 6) is -0.444. The molecule has 0 heterocycles. The molecule has 0 aromatic heterocycles. The standard InChI is InChI=1S/C9H11NO4/c1-14-9(5-10-13)6-2-3-7(11)8(12)4-6/h2-5,9,11-13H,1H3/b10-5+. The zero-order valence-electron chi connectivity index (χ0n) is 7.58. The monoisotopic (exact) mass is 197 g/mol. The summed E-state index contributed by atoms with van der Waals surface area (Å²) < 4.78 is 4.97. The van der Waals surface area contributed by atoms with E-state index in [1.807, 2.05) is 0 Å². The lowest BCUT2D eigenvalue weighted by atomic mass is 10.1. The van der Waals surface area contributed by atoms with Crippen LogP contribution in [0.5, 0.6) is 11.5 Å². The molecule has 1 atom stereocenters. The minimum absolute atomic E-state index is 0.204. The number of phenols is 2. The summed E-state index contributed by atoms with van der Waals surface area (Å²) >= 11 is 0. The van der Waals surface area contributed by atoms with Crippen molar-refractivity contribution in [3.8, 4) is 11.5 Å². The van der Waals surface area contributed by atoms with E-state index in [0.717, 1.165) is 0 Å². The van der Waals surface area contributed by atoms with Crippen molar-refractivity contribution in [1.82, 2.24) is 0 Å². The third-order valence-corrected chi connectivity index (χ3v) is 1.78. The van der Waals surface area contributed by atoms with Gasteiger partial charge in [0, 0.05) is 7.11 Å². The topological polar surface area (TPSA) is 82.3 Å². The van der Waals surface area contributed by atoms with Gasteiger partial charge in [-0.2, -0.15) is 0 Å². The minimum Gasteiger partial charge on any atom is -0.504 e. The van der Waals surface area contributed by atoms with Crippen LogP contribution in [0.1, 0.15) is 11.7 Å². The van der Waals surface area contributed by atoms with E-state index in [2.05, 4.69) is 5.16 Å². The van der Waals surface area contributed by atoms with Gasteiger partial charge in [-0.05, 0) is 17.7 Å². The maximum atomic E-state index is 9.20. The molecule has 5 heteroatoms. The first-order chi connectivity index (χ1) is 6.69. The van der Waals surface area contributed by atoms with Gasteiger partial charge in [-0.3, -0.25) is 0 Å². The summed E-state index contributed by atoms with van der Waals surface area (Å²) in [4.78, 5) is 0. The molecule has 1 aromatic rings. The lowest BCUT2D eigenvalue weighted by Gasteiger charge is -2.10. The van der Waals surface area contributed by atoms with Crippen LogP contribution in [0.15, 0.2) is 23.4 Å². The van der Waals surface area contributed by atoms with Gasteiger partial charge in [0.05, 0.1) is 6.21 Å². The van der Waals surface area contributed by atoms with Gasteiger partial charge in [0.25, 0.3) is 0 Å². The average molecular weight is 197 g/mol. The van der Waals surface area contributed by atoms with Crippen LogP contribution in [0.2, 0.25) is 0 Å². The minimum atomic E-state index is -0.550. The number of rotatable bonds is 3. The Morgan fingerprint density at radius 3 is 2.57 bits per heavy atom. The van der Waals surface area contributed by atoms with Crippen molar-refractivity contribution in [2.75, 3.05) is 7.11 Å². The SMILES string of the molecule is COC(/C=N/O)c1ccc(O)c(O)c1.